The van der Waals surface area contributed by atoms with E-state index in [-0.39, 0.29) is 24.8 Å². The minimum Gasteiger partial charge on any atom is -0.469 e. The topological polar surface area (TPSA) is 84.2 Å². The minimum absolute atomic E-state index is 0.137. The van der Waals surface area contributed by atoms with Gasteiger partial charge >= 0.3 is 11.9 Å². The Hall–Kier alpha value is -4.84. The molecule has 6 nitrogen and oxygen atoms in total. The number of ether oxygens (including phenoxy) is 2. The Balaban J connectivity index is 1.61. The zero-order valence-corrected chi connectivity index (χ0v) is 21.3. The van der Waals surface area contributed by atoms with Crippen LogP contribution in [0.5, 0.6) is 0 Å². The summed E-state index contributed by atoms with van der Waals surface area (Å²) >= 11 is 0. The normalized spacial score (nSPS) is 10.8. The van der Waals surface area contributed by atoms with Gasteiger partial charge in [0.05, 0.1) is 27.1 Å². The largest absolute Gasteiger partial charge is 0.469 e. The third-order valence-corrected chi connectivity index (χ3v) is 6.68. The number of carbonyl (C=O) groups excluding carboxylic acids is 2. The maximum absolute atomic E-state index is 12.4. The summed E-state index contributed by atoms with van der Waals surface area (Å²) in [7, 11) is 2.80. The van der Waals surface area contributed by atoms with Gasteiger partial charge < -0.3 is 19.4 Å². The molecule has 0 bridgehead atoms. The Morgan fingerprint density at radius 1 is 0.579 bits per heavy atom. The van der Waals surface area contributed by atoms with Crippen molar-refractivity contribution in [3.05, 3.63) is 108 Å². The van der Waals surface area contributed by atoms with Gasteiger partial charge in [0.1, 0.15) is 0 Å². The zero-order valence-electron chi connectivity index (χ0n) is 21.3. The number of esters is 2. The van der Waals surface area contributed by atoms with Gasteiger partial charge in [0, 0.05) is 34.9 Å². The van der Waals surface area contributed by atoms with E-state index in [4.69, 9.17) is 9.47 Å². The van der Waals surface area contributed by atoms with Crippen LogP contribution in [0.25, 0.3) is 44.8 Å². The summed E-state index contributed by atoms with van der Waals surface area (Å²) < 4.78 is 10.0. The molecule has 0 radical (unpaired) electrons. The monoisotopic (exact) mass is 504 g/mol. The van der Waals surface area contributed by atoms with Crippen molar-refractivity contribution in [2.24, 2.45) is 0 Å². The van der Waals surface area contributed by atoms with Gasteiger partial charge in [0.2, 0.25) is 0 Å². The fourth-order valence-electron chi connectivity index (χ4n) is 4.80. The van der Waals surface area contributed by atoms with E-state index in [0.717, 1.165) is 55.9 Å². The number of rotatable bonds is 8. The lowest BCUT2D eigenvalue weighted by Crippen LogP contribution is -2.06. The number of hydrogen-bond acceptors (Lipinski definition) is 4. The van der Waals surface area contributed by atoms with Crippen molar-refractivity contribution < 1.29 is 19.1 Å². The van der Waals surface area contributed by atoms with Crippen molar-refractivity contribution in [3.8, 4) is 44.8 Å². The molecule has 0 aliphatic rings. The van der Waals surface area contributed by atoms with E-state index in [9.17, 15) is 9.59 Å². The molecule has 0 unspecified atom stereocenters. The van der Waals surface area contributed by atoms with Gasteiger partial charge in [-0.3, -0.25) is 9.59 Å². The van der Waals surface area contributed by atoms with E-state index in [1.807, 2.05) is 91.3 Å². The van der Waals surface area contributed by atoms with Crippen LogP contribution < -0.4 is 0 Å². The van der Waals surface area contributed by atoms with E-state index in [1.54, 1.807) is 0 Å². The number of aromatic nitrogens is 2. The maximum Gasteiger partial charge on any atom is 0.310 e. The summed E-state index contributed by atoms with van der Waals surface area (Å²) in [4.78, 5) is 31.5. The lowest BCUT2D eigenvalue weighted by molar-refractivity contribution is -0.140. The highest BCUT2D eigenvalue weighted by Crippen LogP contribution is 2.37. The van der Waals surface area contributed by atoms with Crippen molar-refractivity contribution in [1.29, 1.82) is 0 Å². The van der Waals surface area contributed by atoms with Crippen LogP contribution in [-0.2, 0) is 31.9 Å². The summed E-state index contributed by atoms with van der Waals surface area (Å²) in [5.74, 6) is -0.618. The van der Waals surface area contributed by atoms with Gasteiger partial charge in [0.25, 0.3) is 0 Å². The van der Waals surface area contributed by atoms with Gasteiger partial charge in [-0.1, -0.05) is 78.9 Å². The molecule has 0 atom stereocenters. The van der Waals surface area contributed by atoms with Gasteiger partial charge in [-0.05, 0) is 39.4 Å². The molecule has 0 saturated carbocycles. The molecule has 5 aromatic rings. The first-order chi connectivity index (χ1) is 18.6. The van der Waals surface area contributed by atoms with E-state index in [2.05, 4.69) is 16.0 Å². The third kappa shape index (κ3) is 5.02. The molecule has 2 N–H and O–H groups in total. The minimum atomic E-state index is -0.309. The lowest BCUT2D eigenvalue weighted by atomic mass is 9.94. The highest BCUT2D eigenvalue weighted by molar-refractivity contribution is 5.87. The number of methoxy groups -OCH3 is 2. The molecule has 0 aliphatic carbocycles. The van der Waals surface area contributed by atoms with Crippen LogP contribution in [0.15, 0.2) is 97.3 Å². The first kappa shape index (κ1) is 24.8. The fraction of sp³-hybridized carbons (Fsp3) is 0.125. The molecule has 0 spiro atoms. The first-order valence-electron chi connectivity index (χ1n) is 12.3. The van der Waals surface area contributed by atoms with Crippen molar-refractivity contribution in [3.63, 3.8) is 0 Å². The maximum atomic E-state index is 12.4. The first-order valence-corrected chi connectivity index (χ1v) is 12.3. The second kappa shape index (κ2) is 11.0. The Kier molecular flexibility index (Phi) is 7.22. The molecular formula is C32H28N2O4. The summed E-state index contributed by atoms with van der Waals surface area (Å²) in [6.07, 6.45) is 4.14. The number of nitrogens with one attached hydrogen (secondary N) is 2. The van der Waals surface area contributed by atoms with Gasteiger partial charge in [-0.15, -0.1) is 0 Å². The number of H-pyrrole nitrogens is 2. The summed E-state index contributed by atoms with van der Waals surface area (Å²) in [6, 6.07) is 28.0. The van der Waals surface area contributed by atoms with Crippen molar-refractivity contribution in [1.82, 2.24) is 9.97 Å². The Bertz CT molecular complexity index is 1450. The predicted molar refractivity (Wildman–Crippen MR) is 148 cm³/mol. The van der Waals surface area contributed by atoms with E-state index in [0.29, 0.717) is 0 Å². The number of hydrogen-bond donors (Lipinski definition) is 2. The van der Waals surface area contributed by atoms with E-state index >= 15 is 0 Å². The fourth-order valence-corrected chi connectivity index (χ4v) is 4.80. The van der Waals surface area contributed by atoms with Gasteiger partial charge in [-0.25, -0.2) is 0 Å². The Morgan fingerprint density at radius 2 is 0.974 bits per heavy atom. The van der Waals surface area contributed by atoms with Crippen molar-refractivity contribution >= 4 is 11.9 Å². The Labute approximate surface area is 221 Å². The summed E-state index contributed by atoms with van der Waals surface area (Å²) in [5, 5.41) is 0. The summed E-state index contributed by atoms with van der Waals surface area (Å²) in [6.45, 7) is 0. The quantitative estimate of drug-likeness (QED) is 0.238. The third-order valence-electron chi connectivity index (χ3n) is 6.68. The Morgan fingerprint density at radius 3 is 1.37 bits per heavy atom. The highest BCUT2D eigenvalue weighted by Gasteiger charge is 2.21. The SMILES string of the molecule is COC(=O)Cc1c(-c2ccccc2)c[nH]c1-c1cccc(-c2[nH]cc(-c3ccccc3)c2CC(=O)OC)c1. The van der Waals surface area contributed by atoms with Crippen LogP contribution in [0.2, 0.25) is 0 Å². The average molecular weight is 505 g/mol. The summed E-state index contributed by atoms with van der Waals surface area (Å²) in [5.41, 5.74) is 9.21. The standard InChI is InChI=1S/C32H28N2O4/c1-37-29(35)17-25-27(21-10-5-3-6-11-21)19-33-31(25)23-14-9-15-24(16-23)32-26(18-30(36)38-2)28(20-34-32)22-12-7-4-8-13-22/h3-16,19-20,33-34H,17-18H2,1-2H3. The molecule has 0 saturated heterocycles. The van der Waals surface area contributed by atoms with E-state index < -0.39 is 0 Å². The molecule has 0 aliphatic heterocycles. The van der Waals surface area contributed by atoms with Crippen LogP contribution in [0.3, 0.4) is 0 Å². The zero-order chi connectivity index (χ0) is 26.5. The molecule has 190 valence electrons. The molecule has 2 aromatic heterocycles. The van der Waals surface area contributed by atoms with Crippen LogP contribution in [0, 0.1) is 0 Å². The van der Waals surface area contributed by atoms with Crippen LogP contribution in [0.4, 0.5) is 0 Å². The molecule has 0 amide bonds. The average Bonchev–Trinajstić information content (AvgIpc) is 3.58. The molecule has 0 fully saturated rings. The predicted octanol–water partition coefficient (Wildman–Crippen LogP) is 6.44. The van der Waals surface area contributed by atoms with Crippen molar-refractivity contribution in [2.45, 2.75) is 12.8 Å². The van der Waals surface area contributed by atoms with Crippen LogP contribution in [0.1, 0.15) is 11.1 Å². The van der Waals surface area contributed by atoms with E-state index in [1.165, 1.54) is 14.2 Å². The molecule has 5 rings (SSSR count). The molecule has 6 heteroatoms. The van der Waals surface area contributed by atoms with Crippen LogP contribution in [-0.4, -0.2) is 36.1 Å². The molecular weight excluding hydrogens is 476 g/mol. The van der Waals surface area contributed by atoms with Crippen molar-refractivity contribution in [2.75, 3.05) is 14.2 Å². The molecule has 2 heterocycles. The molecule has 38 heavy (non-hydrogen) atoms. The smallest absolute Gasteiger partial charge is 0.310 e. The number of aromatic amines is 2. The van der Waals surface area contributed by atoms with Gasteiger partial charge in [-0.2, -0.15) is 0 Å². The number of carbonyl (C=O) groups is 2. The van der Waals surface area contributed by atoms with Crippen LogP contribution >= 0.6 is 0 Å². The number of benzene rings is 3. The van der Waals surface area contributed by atoms with Gasteiger partial charge in [0.15, 0.2) is 0 Å². The second-order valence-corrected chi connectivity index (χ2v) is 8.93. The second-order valence-electron chi connectivity index (χ2n) is 8.93. The molecule has 3 aromatic carbocycles. The lowest BCUT2D eigenvalue weighted by Gasteiger charge is -2.11. The highest BCUT2D eigenvalue weighted by atomic mass is 16.5.